The molecule has 150 valence electrons. The molecule has 0 bridgehead atoms. The number of rotatable bonds is 7. The van der Waals surface area contributed by atoms with Gasteiger partial charge in [0.1, 0.15) is 10.7 Å². The molecule has 2 heterocycles. The SMILES string of the molecule is Cc1c(CNCCCNc2cc(=O)c3ccccc3[nH]2)sc(C(F)(F)F)c1Br. The fraction of sp³-hybridized carbons (Fsp3) is 0.316. The van der Waals surface area contributed by atoms with Crippen LogP contribution in [0.3, 0.4) is 0 Å². The van der Waals surface area contributed by atoms with Crippen LogP contribution >= 0.6 is 27.3 Å². The largest absolute Gasteiger partial charge is 0.426 e. The Labute approximate surface area is 172 Å². The van der Waals surface area contributed by atoms with E-state index in [0.29, 0.717) is 41.3 Å². The first-order valence-corrected chi connectivity index (χ1v) is 10.3. The predicted octanol–water partition coefficient (Wildman–Crippen LogP) is 5.27. The second-order valence-electron chi connectivity index (χ2n) is 6.34. The molecular formula is C19H19BrF3N3OS. The molecule has 3 N–H and O–H groups in total. The lowest BCUT2D eigenvalue weighted by Gasteiger charge is -2.08. The zero-order chi connectivity index (χ0) is 20.3. The van der Waals surface area contributed by atoms with E-state index in [2.05, 4.69) is 31.5 Å². The fourth-order valence-corrected chi connectivity index (χ4v) is 4.69. The van der Waals surface area contributed by atoms with E-state index in [1.807, 2.05) is 18.2 Å². The van der Waals surface area contributed by atoms with Gasteiger partial charge in [-0.2, -0.15) is 13.2 Å². The molecule has 0 spiro atoms. The average molecular weight is 474 g/mol. The number of fused-ring (bicyclic) bond motifs is 1. The van der Waals surface area contributed by atoms with Gasteiger partial charge in [0, 0.05) is 33.9 Å². The smallest absolute Gasteiger partial charge is 0.371 e. The number of benzene rings is 1. The molecule has 0 aliphatic heterocycles. The van der Waals surface area contributed by atoms with Crippen molar-refractivity contribution in [3.8, 4) is 0 Å². The van der Waals surface area contributed by atoms with Crippen LogP contribution in [0.1, 0.15) is 21.7 Å². The van der Waals surface area contributed by atoms with E-state index in [-0.39, 0.29) is 9.90 Å². The first-order chi connectivity index (χ1) is 13.3. The Balaban J connectivity index is 1.48. The fourth-order valence-electron chi connectivity index (χ4n) is 2.82. The van der Waals surface area contributed by atoms with Gasteiger partial charge in [0.25, 0.3) is 0 Å². The third-order valence-corrected chi connectivity index (χ3v) is 6.89. The van der Waals surface area contributed by atoms with Gasteiger partial charge in [0.15, 0.2) is 5.43 Å². The average Bonchev–Trinajstić information content (AvgIpc) is 2.93. The van der Waals surface area contributed by atoms with E-state index < -0.39 is 11.1 Å². The van der Waals surface area contributed by atoms with Crippen molar-refractivity contribution < 1.29 is 13.2 Å². The normalized spacial score (nSPS) is 11.9. The summed E-state index contributed by atoms with van der Waals surface area (Å²) in [7, 11) is 0. The van der Waals surface area contributed by atoms with Crippen LogP contribution in [-0.2, 0) is 12.7 Å². The number of hydrogen-bond donors (Lipinski definition) is 3. The van der Waals surface area contributed by atoms with Crippen molar-refractivity contribution >= 4 is 44.0 Å². The van der Waals surface area contributed by atoms with Gasteiger partial charge in [-0.05, 0) is 53.5 Å². The van der Waals surface area contributed by atoms with Gasteiger partial charge < -0.3 is 15.6 Å². The molecule has 0 radical (unpaired) electrons. The number of H-pyrrole nitrogens is 1. The second kappa shape index (κ2) is 8.67. The lowest BCUT2D eigenvalue weighted by Crippen LogP contribution is -2.18. The highest BCUT2D eigenvalue weighted by Crippen LogP contribution is 2.43. The zero-order valence-corrected chi connectivity index (χ0v) is 17.4. The number of hydrogen-bond acceptors (Lipinski definition) is 4. The maximum absolute atomic E-state index is 12.9. The summed E-state index contributed by atoms with van der Waals surface area (Å²) in [5.74, 6) is 0.650. The number of para-hydroxylation sites is 1. The molecule has 2 aromatic heterocycles. The lowest BCUT2D eigenvalue weighted by molar-refractivity contribution is -0.134. The number of alkyl halides is 3. The van der Waals surface area contributed by atoms with Crippen LogP contribution < -0.4 is 16.1 Å². The molecule has 3 rings (SSSR count). The summed E-state index contributed by atoms with van der Waals surface area (Å²) in [5.41, 5.74) is 1.35. The molecule has 1 aromatic carbocycles. The molecule has 0 aliphatic carbocycles. The van der Waals surface area contributed by atoms with Crippen LogP contribution in [0.5, 0.6) is 0 Å². The van der Waals surface area contributed by atoms with E-state index in [1.54, 1.807) is 13.0 Å². The number of pyridine rings is 1. The van der Waals surface area contributed by atoms with Gasteiger partial charge in [-0.3, -0.25) is 4.79 Å². The number of nitrogens with one attached hydrogen (secondary N) is 3. The van der Waals surface area contributed by atoms with Crippen LogP contribution in [0.2, 0.25) is 0 Å². The number of halogens is 4. The minimum absolute atomic E-state index is 0.0470. The molecule has 9 heteroatoms. The number of aromatic nitrogens is 1. The molecule has 28 heavy (non-hydrogen) atoms. The topological polar surface area (TPSA) is 56.9 Å². The van der Waals surface area contributed by atoms with E-state index in [0.717, 1.165) is 23.3 Å². The summed E-state index contributed by atoms with van der Waals surface area (Å²) in [4.78, 5) is 15.3. The van der Waals surface area contributed by atoms with Gasteiger partial charge >= 0.3 is 6.18 Å². The molecule has 0 saturated heterocycles. The number of anilines is 1. The van der Waals surface area contributed by atoms with Crippen LogP contribution in [0.15, 0.2) is 39.6 Å². The van der Waals surface area contributed by atoms with Crippen LogP contribution in [0, 0.1) is 6.92 Å². The Hall–Kier alpha value is -1.84. The lowest BCUT2D eigenvalue weighted by atomic mass is 10.2. The van der Waals surface area contributed by atoms with Crippen LogP contribution in [0.25, 0.3) is 10.9 Å². The molecule has 0 aliphatic rings. The Kier molecular flexibility index (Phi) is 6.47. The summed E-state index contributed by atoms with van der Waals surface area (Å²) in [6.07, 6.45) is -3.58. The molecule has 0 fully saturated rings. The highest BCUT2D eigenvalue weighted by Gasteiger charge is 2.36. The molecule has 0 amide bonds. The third-order valence-electron chi connectivity index (χ3n) is 4.30. The summed E-state index contributed by atoms with van der Waals surface area (Å²) < 4.78 is 39.0. The van der Waals surface area contributed by atoms with Crippen molar-refractivity contribution in [2.24, 2.45) is 0 Å². The molecule has 4 nitrogen and oxygen atoms in total. The standard InChI is InChI=1S/C19H19BrF3N3OS/c1-11-15(28-18(17(11)20)19(21,22)23)10-24-7-4-8-25-16-9-14(27)12-5-2-3-6-13(12)26-16/h2-3,5-6,9,24H,4,7-8,10H2,1H3,(H2,25,26,27). The van der Waals surface area contributed by atoms with Crippen molar-refractivity contribution in [2.75, 3.05) is 18.4 Å². The Morgan fingerprint density at radius 2 is 1.96 bits per heavy atom. The zero-order valence-electron chi connectivity index (χ0n) is 15.0. The highest BCUT2D eigenvalue weighted by atomic mass is 79.9. The van der Waals surface area contributed by atoms with Crippen molar-refractivity contribution in [2.45, 2.75) is 26.1 Å². The highest BCUT2D eigenvalue weighted by molar-refractivity contribution is 9.10. The van der Waals surface area contributed by atoms with Crippen molar-refractivity contribution in [1.82, 2.24) is 10.3 Å². The summed E-state index contributed by atoms with van der Waals surface area (Å²) >= 11 is 3.81. The quantitative estimate of drug-likeness (QED) is 0.409. The van der Waals surface area contributed by atoms with E-state index >= 15 is 0 Å². The van der Waals surface area contributed by atoms with Crippen molar-refractivity contribution in [3.63, 3.8) is 0 Å². The van der Waals surface area contributed by atoms with E-state index in [9.17, 15) is 18.0 Å². The minimum Gasteiger partial charge on any atom is -0.371 e. The third kappa shape index (κ3) is 4.76. The van der Waals surface area contributed by atoms with Crippen LogP contribution in [-0.4, -0.2) is 18.1 Å². The molecular weight excluding hydrogens is 455 g/mol. The first-order valence-electron chi connectivity index (χ1n) is 8.69. The van der Waals surface area contributed by atoms with Gasteiger partial charge in [-0.15, -0.1) is 11.3 Å². The second-order valence-corrected chi connectivity index (χ2v) is 8.24. The first kappa shape index (κ1) is 20.9. The Bertz CT molecular complexity index is 1030. The number of thiophene rings is 1. The van der Waals surface area contributed by atoms with Crippen molar-refractivity contribution in [3.05, 3.63) is 60.3 Å². The molecule has 3 aromatic rings. The maximum atomic E-state index is 12.9. The molecule has 0 unspecified atom stereocenters. The van der Waals surface area contributed by atoms with E-state index in [4.69, 9.17) is 0 Å². The minimum atomic E-state index is -4.34. The maximum Gasteiger partial charge on any atom is 0.426 e. The Morgan fingerprint density at radius 3 is 2.68 bits per heavy atom. The monoisotopic (exact) mass is 473 g/mol. The van der Waals surface area contributed by atoms with Crippen molar-refractivity contribution in [1.29, 1.82) is 0 Å². The van der Waals surface area contributed by atoms with Gasteiger partial charge in [0.2, 0.25) is 0 Å². The molecule has 0 atom stereocenters. The summed E-state index contributed by atoms with van der Waals surface area (Å²) in [6, 6.07) is 8.83. The Morgan fingerprint density at radius 1 is 1.21 bits per heavy atom. The van der Waals surface area contributed by atoms with Crippen LogP contribution in [0.4, 0.5) is 19.0 Å². The van der Waals surface area contributed by atoms with Gasteiger partial charge in [-0.1, -0.05) is 12.1 Å². The van der Waals surface area contributed by atoms with Gasteiger partial charge in [0.05, 0.1) is 5.52 Å². The number of aromatic amines is 1. The van der Waals surface area contributed by atoms with E-state index in [1.165, 1.54) is 6.07 Å². The summed E-state index contributed by atoms with van der Waals surface area (Å²) in [5, 5.41) is 6.99. The van der Waals surface area contributed by atoms with Gasteiger partial charge in [-0.25, -0.2) is 0 Å². The predicted molar refractivity (Wildman–Crippen MR) is 111 cm³/mol. The summed E-state index contributed by atoms with van der Waals surface area (Å²) in [6.45, 7) is 3.34. The molecule has 0 saturated carbocycles.